The van der Waals surface area contributed by atoms with E-state index in [1.165, 1.54) is 23.8 Å². The third kappa shape index (κ3) is 3.40. The third-order valence-corrected chi connectivity index (χ3v) is 6.35. The molecule has 0 radical (unpaired) electrons. The van der Waals surface area contributed by atoms with Gasteiger partial charge >= 0.3 is 0 Å². The summed E-state index contributed by atoms with van der Waals surface area (Å²) in [6.07, 6.45) is 8.29. The van der Waals surface area contributed by atoms with Gasteiger partial charge in [-0.05, 0) is 66.3 Å². The zero-order valence-electron chi connectivity index (χ0n) is 15.9. The first-order valence-electron chi connectivity index (χ1n) is 10.2. The fourth-order valence-corrected chi connectivity index (χ4v) is 4.95. The molecule has 3 heterocycles. The van der Waals surface area contributed by atoms with Gasteiger partial charge in [0.25, 0.3) is 5.91 Å². The van der Waals surface area contributed by atoms with Crippen LogP contribution in [0.5, 0.6) is 0 Å². The van der Waals surface area contributed by atoms with Crippen molar-refractivity contribution >= 4 is 16.7 Å². The number of benzene rings is 2. The van der Waals surface area contributed by atoms with Crippen molar-refractivity contribution in [3.05, 3.63) is 78.1 Å². The highest BCUT2D eigenvalue weighted by molar-refractivity contribution is 5.98. The van der Waals surface area contributed by atoms with Gasteiger partial charge in [0.1, 0.15) is 0 Å². The summed E-state index contributed by atoms with van der Waals surface area (Å²) in [7, 11) is 0. The number of aromatic nitrogens is 1. The van der Waals surface area contributed by atoms with Gasteiger partial charge in [-0.2, -0.15) is 0 Å². The molecule has 1 aromatic heterocycles. The molecular formula is C24H25N3O. The van der Waals surface area contributed by atoms with Gasteiger partial charge in [0.2, 0.25) is 0 Å². The van der Waals surface area contributed by atoms with Crippen LogP contribution in [0.4, 0.5) is 0 Å². The van der Waals surface area contributed by atoms with Crippen LogP contribution >= 0.6 is 0 Å². The van der Waals surface area contributed by atoms with E-state index >= 15 is 0 Å². The second-order valence-electron chi connectivity index (χ2n) is 8.12. The van der Waals surface area contributed by atoms with Crippen molar-refractivity contribution in [3.8, 4) is 0 Å². The minimum atomic E-state index is 0.0535. The Morgan fingerprint density at radius 2 is 1.68 bits per heavy atom. The van der Waals surface area contributed by atoms with Crippen molar-refractivity contribution in [2.24, 2.45) is 0 Å². The van der Waals surface area contributed by atoms with Crippen LogP contribution in [0.15, 0.2) is 67.0 Å². The number of nitrogens with one attached hydrogen (secondary N) is 1. The van der Waals surface area contributed by atoms with Gasteiger partial charge in [0.15, 0.2) is 0 Å². The lowest BCUT2D eigenvalue weighted by atomic mass is 9.96. The maximum absolute atomic E-state index is 12.8. The van der Waals surface area contributed by atoms with Crippen molar-refractivity contribution in [1.82, 2.24) is 15.2 Å². The van der Waals surface area contributed by atoms with Crippen molar-refractivity contribution in [2.45, 2.75) is 50.4 Å². The summed E-state index contributed by atoms with van der Waals surface area (Å²) in [5.74, 6) is 0.0535. The molecule has 142 valence electrons. The van der Waals surface area contributed by atoms with E-state index in [0.717, 1.165) is 30.3 Å². The maximum Gasteiger partial charge on any atom is 0.251 e. The van der Waals surface area contributed by atoms with Gasteiger partial charge in [-0.3, -0.25) is 14.7 Å². The number of fused-ring (bicyclic) bond motifs is 3. The molecule has 4 heteroatoms. The van der Waals surface area contributed by atoms with E-state index in [1.807, 2.05) is 42.7 Å². The van der Waals surface area contributed by atoms with E-state index < -0.39 is 0 Å². The fraction of sp³-hybridized carbons (Fsp3) is 0.333. The molecule has 4 nitrogen and oxygen atoms in total. The van der Waals surface area contributed by atoms with E-state index in [-0.39, 0.29) is 11.9 Å². The molecule has 2 saturated heterocycles. The Kier molecular flexibility index (Phi) is 4.57. The molecule has 2 fully saturated rings. The number of carbonyl (C=O) groups excluding carboxylic acids is 1. The molecule has 1 N–H and O–H groups in total. The van der Waals surface area contributed by atoms with Gasteiger partial charge < -0.3 is 5.32 Å². The minimum absolute atomic E-state index is 0.0535. The molecule has 2 atom stereocenters. The summed E-state index contributed by atoms with van der Waals surface area (Å²) in [6, 6.07) is 19.7. The minimum Gasteiger partial charge on any atom is -0.349 e. The Morgan fingerprint density at radius 3 is 2.43 bits per heavy atom. The Balaban J connectivity index is 1.25. The Morgan fingerprint density at radius 1 is 0.964 bits per heavy atom. The van der Waals surface area contributed by atoms with Crippen LogP contribution in [0.25, 0.3) is 10.8 Å². The first kappa shape index (κ1) is 17.4. The van der Waals surface area contributed by atoms with Crippen LogP contribution in [0.2, 0.25) is 0 Å². The molecule has 2 aliphatic heterocycles. The SMILES string of the molecule is O=C(NC1CC2CCC(C1)N2Cc1ccncc1)c1ccc2ccccc2c1. The Labute approximate surface area is 165 Å². The second kappa shape index (κ2) is 7.36. The monoisotopic (exact) mass is 371 g/mol. The van der Waals surface area contributed by atoms with E-state index in [1.54, 1.807) is 0 Å². The summed E-state index contributed by atoms with van der Waals surface area (Å²) in [4.78, 5) is 19.6. The number of pyridine rings is 1. The molecule has 28 heavy (non-hydrogen) atoms. The number of nitrogens with zero attached hydrogens (tertiary/aromatic N) is 2. The highest BCUT2D eigenvalue weighted by Crippen LogP contribution is 2.37. The number of hydrogen-bond donors (Lipinski definition) is 1. The molecule has 2 aromatic carbocycles. The van der Waals surface area contributed by atoms with Crippen LogP contribution in [-0.2, 0) is 6.54 Å². The predicted molar refractivity (Wildman–Crippen MR) is 111 cm³/mol. The van der Waals surface area contributed by atoms with E-state index in [9.17, 15) is 4.79 Å². The number of piperidine rings is 1. The summed E-state index contributed by atoms with van der Waals surface area (Å²) in [5.41, 5.74) is 2.08. The Hall–Kier alpha value is -2.72. The molecule has 0 spiro atoms. The maximum atomic E-state index is 12.8. The molecule has 2 bridgehead atoms. The second-order valence-corrected chi connectivity index (χ2v) is 8.12. The van der Waals surface area contributed by atoms with Gasteiger partial charge in [0, 0.05) is 42.6 Å². The largest absolute Gasteiger partial charge is 0.349 e. The number of hydrogen-bond acceptors (Lipinski definition) is 3. The lowest BCUT2D eigenvalue weighted by Crippen LogP contribution is -2.49. The highest BCUT2D eigenvalue weighted by Gasteiger charge is 2.40. The number of rotatable bonds is 4. The van der Waals surface area contributed by atoms with Gasteiger partial charge in [-0.25, -0.2) is 0 Å². The predicted octanol–water partition coefficient (Wildman–Crippen LogP) is 4.16. The van der Waals surface area contributed by atoms with Crippen molar-refractivity contribution < 1.29 is 4.79 Å². The summed E-state index contributed by atoms with van der Waals surface area (Å²) >= 11 is 0. The molecule has 1 amide bonds. The van der Waals surface area contributed by atoms with Gasteiger partial charge in [-0.1, -0.05) is 30.3 Å². The standard InChI is InChI=1S/C24H25N3O/c28-24(20-6-5-18-3-1-2-4-19(18)13-20)26-21-14-22-7-8-23(15-21)27(22)16-17-9-11-25-12-10-17/h1-6,9-13,21-23H,7-8,14-16H2,(H,26,28). The average Bonchev–Trinajstić information content (AvgIpc) is 2.96. The van der Waals surface area contributed by atoms with Crippen LogP contribution in [0.1, 0.15) is 41.6 Å². The molecule has 2 aliphatic rings. The average molecular weight is 371 g/mol. The zero-order chi connectivity index (χ0) is 18.9. The normalized spacial score (nSPS) is 24.4. The number of carbonyl (C=O) groups is 1. The first-order chi connectivity index (χ1) is 13.8. The van der Waals surface area contributed by atoms with E-state index in [2.05, 4.69) is 39.5 Å². The van der Waals surface area contributed by atoms with Gasteiger partial charge in [0.05, 0.1) is 0 Å². The smallest absolute Gasteiger partial charge is 0.251 e. The molecule has 2 unspecified atom stereocenters. The summed E-state index contributed by atoms with van der Waals surface area (Å²) in [6.45, 7) is 0.989. The molecule has 3 aromatic rings. The molecule has 0 saturated carbocycles. The zero-order valence-corrected chi connectivity index (χ0v) is 15.9. The molecule has 0 aliphatic carbocycles. The molecule has 5 rings (SSSR count). The van der Waals surface area contributed by atoms with Crippen molar-refractivity contribution in [1.29, 1.82) is 0 Å². The summed E-state index contributed by atoms with van der Waals surface area (Å²) in [5, 5.41) is 5.59. The van der Waals surface area contributed by atoms with Crippen LogP contribution in [0.3, 0.4) is 0 Å². The highest BCUT2D eigenvalue weighted by atomic mass is 16.1. The van der Waals surface area contributed by atoms with E-state index in [4.69, 9.17) is 0 Å². The lowest BCUT2D eigenvalue weighted by molar-refractivity contribution is 0.0828. The Bertz CT molecular complexity index is 973. The van der Waals surface area contributed by atoms with E-state index in [0.29, 0.717) is 12.1 Å². The lowest BCUT2D eigenvalue weighted by Gasteiger charge is -2.39. The van der Waals surface area contributed by atoms with Gasteiger partial charge in [-0.15, -0.1) is 0 Å². The van der Waals surface area contributed by atoms with Crippen molar-refractivity contribution in [3.63, 3.8) is 0 Å². The fourth-order valence-electron chi connectivity index (χ4n) is 4.95. The number of amides is 1. The quantitative estimate of drug-likeness (QED) is 0.749. The molecular weight excluding hydrogens is 346 g/mol. The van der Waals surface area contributed by atoms with Crippen molar-refractivity contribution in [2.75, 3.05) is 0 Å². The summed E-state index contributed by atoms with van der Waals surface area (Å²) < 4.78 is 0. The van der Waals surface area contributed by atoms with Crippen LogP contribution in [-0.4, -0.2) is 33.9 Å². The van der Waals surface area contributed by atoms with Crippen LogP contribution in [0, 0.1) is 0 Å². The third-order valence-electron chi connectivity index (χ3n) is 6.35. The topological polar surface area (TPSA) is 45.2 Å². The van der Waals surface area contributed by atoms with Crippen LogP contribution < -0.4 is 5.32 Å². The first-order valence-corrected chi connectivity index (χ1v) is 10.2.